The molecular weight excluding hydrogens is 222 g/mol. The zero-order valence-corrected chi connectivity index (χ0v) is 10.3. The van der Waals surface area contributed by atoms with Gasteiger partial charge in [0.2, 0.25) is 0 Å². The molecule has 5 nitrogen and oxygen atoms in total. The molecule has 94 valence electrons. The van der Waals surface area contributed by atoms with Gasteiger partial charge in [0.25, 0.3) is 0 Å². The van der Waals surface area contributed by atoms with Crippen LogP contribution in [0.1, 0.15) is 18.0 Å². The van der Waals surface area contributed by atoms with Crippen LogP contribution in [0, 0.1) is 0 Å². The van der Waals surface area contributed by atoms with Crippen molar-refractivity contribution in [3.05, 3.63) is 35.9 Å². The van der Waals surface area contributed by atoms with Crippen molar-refractivity contribution < 1.29 is 19.2 Å². The van der Waals surface area contributed by atoms with Crippen LogP contribution in [0.4, 0.5) is 0 Å². The molecule has 0 heterocycles. The molecule has 0 amide bonds. The SMILES string of the molecule is COC(=O)C[C@H](c1ccccc1)N(OC)OC. The molecule has 0 radical (unpaired) electrons. The first-order valence-corrected chi connectivity index (χ1v) is 5.22. The van der Waals surface area contributed by atoms with E-state index in [9.17, 15) is 4.79 Å². The highest BCUT2D eigenvalue weighted by atomic mass is 16.9. The second kappa shape index (κ2) is 7.01. The van der Waals surface area contributed by atoms with Crippen LogP contribution in [0.2, 0.25) is 0 Å². The summed E-state index contributed by atoms with van der Waals surface area (Å²) in [6.45, 7) is 0. The van der Waals surface area contributed by atoms with Gasteiger partial charge in [0.05, 0.1) is 33.8 Å². The minimum Gasteiger partial charge on any atom is -0.469 e. The fourth-order valence-corrected chi connectivity index (χ4v) is 1.56. The fraction of sp³-hybridized carbons (Fsp3) is 0.417. The summed E-state index contributed by atoms with van der Waals surface area (Å²) >= 11 is 0. The number of carbonyl (C=O) groups is 1. The molecule has 0 aliphatic rings. The molecule has 5 heteroatoms. The van der Waals surface area contributed by atoms with Crippen molar-refractivity contribution in [3.63, 3.8) is 0 Å². The van der Waals surface area contributed by atoms with Crippen molar-refractivity contribution in [2.45, 2.75) is 12.5 Å². The minimum atomic E-state index is -0.335. The van der Waals surface area contributed by atoms with Crippen molar-refractivity contribution in [2.75, 3.05) is 21.3 Å². The molecule has 17 heavy (non-hydrogen) atoms. The third-order valence-corrected chi connectivity index (χ3v) is 2.39. The summed E-state index contributed by atoms with van der Waals surface area (Å²) in [5, 5.41) is 1.27. The second-order valence-electron chi connectivity index (χ2n) is 3.36. The molecule has 0 aliphatic heterocycles. The average molecular weight is 239 g/mol. The van der Waals surface area contributed by atoms with Crippen molar-refractivity contribution in [2.24, 2.45) is 0 Å². The summed E-state index contributed by atoms with van der Waals surface area (Å²) in [5.41, 5.74) is 0.918. The van der Waals surface area contributed by atoms with Gasteiger partial charge in [-0.15, -0.1) is 0 Å². The van der Waals surface area contributed by atoms with E-state index in [2.05, 4.69) is 4.74 Å². The van der Waals surface area contributed by atoms with Crippen LogP contribution in [0.15, 0.2) is 30.3 Å². The summed E-state index contributed by atoms with van der Waals surface area (Å²) in [4.78, 5) is 21.5. The quantitative estimate of drug-likeness (QED) is 0.558. The number of nitrogens with zero attached hydrogens (tertiary/aromatic N) is 1. The van der Waals surface area contributed by atoms with Gasteiger partial charge in [-0.25, -0.2) is 0 Å². The first kappa shape index (κ1) is 13.6. The van der Waals surface area contributed by atoms with Gasteiger partial charge in [0.1, 0.15) is 0 Å². The highest BCUT2D eigenvalue weighted by molar-refractivity contribution is 5.70. The lowest BCUT2D eigenvalue weighted by molar-refractivity contribution is -0.367. The smallest absolute Gasteiger partial charge is 0.307 e. The van der Waals surface area contributed by atoms with Gasteiger partial charge in [-0.3, -0.25) is 14.5 Å². The van der Waals surface area contributed by atoms with Crippen molar-refractivity contribution in [3.8, 4) is 0 Å². The Labute approximate surface area is 101 Å². The van der Waals surface area contributed by atoms with E-state index in [1.807, 2.05) is 30.3 Å². The van der Waals surface area contributed by atoms with E-state index in [0.29, 0.717) is 0 Å². The summed E-state index contributed by atoms with van der Waals surface area (Å²) < 4.78 is 4.66. The average Bonchev–Trinajstić information content (AvgIpc) is 2.39. The van der Waals surface area contributed by atoms with Crippen LogP contribution < -0.4 is 0 Å². The van der Waals surface area contributed by atoms with Crippen molar-refractivity contribution in [1.29, 1.82) is 0 Å². The Bertz CT molecular complexity index is 338. The van der Waals surface area contributed by atoms with E-state index < -0.39 is 0 Å². The number of hydrogen-bond donors (Lipinski definition) is 0. The molecule has 1 atom stereocenters. The summed E-state index contributed by atoms with van der Waals surface area (Å²) in [6.07, 6.45) is 0.155. The molecule has 0 N–H and O–H groups in total. The number of rotatable bonds is 6. The van der Waals surface area contributed by atoms with Crippen LogP contribution in [0.3, 0.4) is 0 Å². The molecule has 0 aromatic heterocycles. The molecule has 0 unspecified atom stereocenters. The van der Waals surface area contributed by atoms with Gasteiger partial charge >= 0.3 is 5.97 Å². The maximum atomic E-state index is 11.4. The summed E-state index contributed by atoms with van der Waals surface area (Å²) in [6, 6.07) is 9.16. The van der Waals surface area contributed by atoms with Gasteiger partial charge in [-0.1, -0.05) is 35.6 Å². The monoisotopic (exact) mass is 239 g/mol. The Morgan fingerprint density at radius 1 is 1.18 bits per heavy atom. The summed E-state index contributed by atoms with van der Waals surface area (Å²) in [7, 11) is 4.32. The molecule has 0 spiro atoms. The Kier molecular flexibility index (Phi) is 5.62. The minimum absolute atomic E-state index is 0.155. The molecule has 0 saturated heterocycles. The Morgan fingerprint density at radius 3 is 2.24 bits per heavy atom. The molecule has 0 fully saturated rings. The number of methoxy groups -OCH3 is 1. The predicted molar refractivity (Wildman–Crippen MR) is 61.7 cm³/mol. The van der Waals surface area contributed by atoms with Crippen molar-refractivity contribution >= 4 is 5.97 Å². The first-order chi connectivity index (χ1) is 8.22. The normalized spacial score (nSPS) is 12.5. The lowest BCUT2D eigenvalue weighted by atomic mass is 10.0. The molecule has 1 aromatic carbocycles. The number of hydrogen-bond acceptors (Lipinski definition) is 5. The Hall–Kier alpha value is -1.43. The van der Waals surface area contributed by atoms with Crippen LogP contribution in [-0.4, -0.2) is 32.5 Å². The number of hydroxylamine groups is 2. The largest absolute Gasteiger partial charge is 0.469 e. The highest BCUT2D eigenvalue weighted by Gasteiger charge is 2.24. The number of carbonyl (C=O) groups excluding carboxylic acids is 1. The lowest BCUT2D eigenvalue weighted by Crippen LogP contribution is -2.29. The van der Waals surface area contributed by atoms with Crippen LogP contribution in [0.5, 0.6) is 0 Å². The molecule has 1 aromatic rings. The third-order valence-electron chi connectivity index (χ3n) is 2.39. The van der Waals surface area contributed by atoms with E-state index in [0.717, 1.165) is 5.56 Å². The lowest BCUT2D eigenvalue weighted by Gasteiger charge is -2.26. The van der Waals surface area contributed by atoms with Gasteiger partial charge < -0.3 is 4.74 Å². The van der Waals surface area contributed by atoms with Gasteiger partial charge in [-0.2, -0.15) is 0 Å². The zero-order valence-electron chi connectivity index (χ0n) is 10.3. The van der Waals surface area contributed by atoms with E-state index in [-0.39, 0.29) is 18.4 Å². The van der Waals surface area contributed by atoms with E-state index in [1.54, 1.807) is 0 Å². The van der Waals surface area contributed by atoms with Gasteiger partial charge in [0.15, 0.2) is 0 Å². The molecule has 0 bridgehead atoms. The molecule has 1 rings (SSSR count). The van der Waals surface area contributed by atoms with Crippen LogP contribution in [0.25, 0.3) is 0 Å². The van der Waals surface area contributed by atoms with E-state index >= 15 is 0 Å². The predicted octanol–water partition coefficient (Wildman–Crippen LogP) is 1.72. The number of esters is 1. The fourth-order valence-electron chi connectivity index (χ4n) is 1.56. The third kappa shape index (κ3) is 3.81. The first-order valence-electron chi connectivity index (χ1n) is 5.22. The second-order valence-corrected chi connectivity index (χ2v) is 3.36. The van der Waals surface area contributed by atoms with Crippen LogP contribution in [-0.2, 0) is 19.2 Å². The number of ether oxygens (including phenoxy) is 1. The Morgan fingerprint density at radius 2 is 1.76 bits per heavy atom. The topological polar surface area (TPSA) is 48.0 Å². The van der Waals surface area contributed by atoms with E-state index in [4.69, 9.17) is 9.68 Å². The molecular formula is C12H17NO4. The molecule has 0 saturated carbocycles. The maximum Gasteiger partial charge on any atom is 0.307 e. The maximum absolute atomic E-state index is 11.4. The number of benzene rings is 1. The van der Waals surface area contributed by atoms with Gasteiger partial charge in [-0.05, 0) is 5.56 Å². The highest BCUT2D eigenvalue weighted by Crippen LogP contribution is 2.24. The van der Waals surface area contributed by atoms with Crippen LogP contribution >= 0.6 is 0 Å². The van der Waals surface area contributed by atoms with Crippen molar-refractivity contribution in [1.82, 2.24) is 5.23 Å². The Balaban J connectivity index is 2.89. The summed E-state index contributed by atoms with van der Waals surface area (Å²) in [5.74, 6) is -0.321. The molecule has 0 aliphatic carbocycles. The van der Waals surface area contributed by atoms with Gasteiger partial charge in [0, 0.05) is 0 Å². The standard InChI is InChI=1S/C12H17NO4/c1-15-12(14)9-11(13(16-2)17-3)10-7-5-4-6-8-10/h4-8,11H,9H2,1-3H3/t11-/m1/s1. The zero-order chi connectivity index (χ0) is 12.7. The van der Waals surface area contributed by atoms with E-state index in [1.165, 1.54) is 26.6 Å².